The van der Waals surface area contributed by atoms with Crippen molar-refractivity contribution in [3.05, 3.63) is 89.8 Å². The first-order valence-electron chi connectivity index (χ1n) is 10.3. The number of methoxy groups -OCH3 is 2. The zero-order chi connectivity index (χ0) is 23.9. The van der Waals surface area contributed by atoms with Crippen molar-refractivity contribution < 1.29 is 18.7 Å². The van der Waals surface area contributed by atoms with Gasteiger partial charge in [0.05, 0.1) is 20.8 Å². The fourth-order valence-corrected chi connectivity index (χ4v) is 4.11. The molecule has 34 heavy (non-hydrogen) atoms. The number of halogens is 1. The molecule has 0 spiro atoms. The van der Waals surface area contributed by atoms with Crippen molar-refractivity contribution in [2.45, 2.75) is 17.5 Å². The molecule has 0 radical (unpaired) electrons. The van der Waals surface area contributed by atoms with E-state index in [1.807, 2.05) is 12.1 Å². The molecular weight excluding hydrogens is 457 g/mol. The van der Waals surface area contributed by atoms with Gasteiger partial charge in [0.15, 0.2) is 11.0 Å². The molecule has 2 heterocycles. The lowest BCUT2D eigenvalue weighted by atomic mass is 10.2. The molecule has 0 bridgehead atoms. The van der Waals surface area contributed by atoms with Crippen molar-refractivity contribution in [1.82, 2.24) is 25.1 Å². The number of hydrogen-bond acceptors (Lipinski definition) is 7. The molecule has 2 aromatic carbocycles. The molecule has 1 amide bonds. The van der Waals surface area contributed by atoms with Gasteiger partial charge < -0.3 is 14.8 Å². The maximum Gasteiger partial charge on any atom is 0.251 e. The van der Waals surface area contributed by atoms with Gasteiger partial charge >= 0.3 is 0 Å². The highest BCUT2D eigenvalue weighted by atomic mass is 32.2. The summed E-state index contributed by atoms with van der Waals surface area (Å²) in [5.41, 5.74) is 2.16. The van der Waals surface area contributed by atoms with Gasteiger partial charge in [0.2, 0.25) is 0 Å². The van der Waals surface area contributed by atoms with Gasteiger partial charge in [0.1, 0.15) is 17.3 Å². The fraction of sp³-hybridized carbons (Fsp3) is 0.167. The average molecular weight is 480 g/mol. The van der Waals surface area contributed by atoms with Gasteiger partial charge in [0.25, 0.3) is 5.91 Å². The molecule has 0 saturated carbocycles. The maximum absolute atomic E-state index is 13.5. The van der Waals surface area contributed by atoms with Crippen LogP contribution in [0.15, 0.2) is 72.1 Å². The van der Waals surface area contributed by atoms with E-state index in [4.69, 9.17) is 9.47 Å². The first kappa shape index (κ1) is 23.2. The Kier molecular flexibility index (Phi) is 7.38. The summed E-state index contributed by atoms with van der Waals surface area (Å²) in [6.07, 6.45) is 3.46. The second kappa shape index (κ2) is 10.8. The van der Waals surface area contributed by atoms with Crippen molar-refractivity contribution >= 4 is 17.7 Å². The van der Waals surface area contributed by atoms with Gasteiger partial charge in [-0.05, 0) is 54.1 Å². The highest BCUT2D eigenvalue weighted by molar-refractivity contribution is 7.98. The molecule has 4 rings (SSSR count). The first-order valence-corrected chi connectivity index (χ1v) is 11.3. The number of carbonyl (C=O) groups excluding carboxylic acids is 1. The number of rotatable bonds is 9. The zero-order valence-electron chi connectivity index (χ0n) is 18.6. The molecule has 0 aliphatic rings. The molecular formula is C24H22FN5O3S. The Bertz CT molecular complexity index is 1240. The van der Waals surface area contributed by atoms with Gasteiger partial charge in [-0.2, -0.15) is 0 Å². The number of hydrogen-bond donors (Lipinski definition) is 1. The second-order valence-electron chi connectivity index (χ2n) is 7.14. The number of amides is 1. The van der Waals surface area contributed by atoms with Crippen LogP contribution in [-0.2, 0) is 12.3 Å². The van der Waals surface area contributed by atoms with Gasteiger partial charge in [-0.15, -0.1) is 10.2 Å². The number of pyridine rings is 1. The molecule has 174 valence electrons. The Morgan fingerprint density at radius 3 is 2.32 bits per heavy atom. The van der Waals surface area contributed by atoms with Crippen LogP contribution in [-0.4, -0.2) is 39.9 Å². The maximum atomic E-state index is 13.5. The third-order valence-corrected chi connectivity index (χ3v) is 5.92. The number of ether oxygens (including phenoxy) is 2. The van der Waals surface area contributed by atoms with Crippen molar-refractivity contribution in [2.24, 2.45) is 0 Å². The largest absolute Gasteiger partial charge is 0.497 e. The van der Waals surface area contributed by atoms with Crippen LogP contribution in [0.5, 0.6) is 11.5 Å². The van der Waals surface area contributed by atoms with E-state index in [-0.39, 0.29) is 18.3 Å². The highest BCUT2D eigenvalue weighted by Gasteiger charge is 2.17. The highest BCUT2D eigenvalue weighted by Crippen LogP contribution is 2.26. The molecule has 0 unspecified atom stereocenters. The Hall–Kier alpha value is -3.92. The van der Waals surface area contributed by atoms with Gasteiger partial charge in [0, 0.05) is 35.5 Å². The monoisotopic (exact) mass is 479 g/mol. The number of carbonyl (C=O) groups is 1. The Morgan fingerprint density at radius 2 is 1.68 bits per heavy atom. The minimum atomic E-state index is -0.343. The molecule has 10 heteroatoms. The fourth-order valence-electron chi connectivity index (χ4n) is 3.18. The van der Waals surface area contributed by atoms with Crippen LogP contribution < -0.4 is 14.8 Å². The quantitative estimate of drug-likeness (QED) is 0.362. The topological polar surface area (TPSA) is 91.2 Å². The Morgan fingerprint density at radius 1 is 1.00 bits per heavy atom. The van der Waals surface area contributed by atoms with E-state index in [9.17, 15) is 9.18 Å². The van der Waals surface area contributed by atoms with Gasteiger partial charge in [-0.25, -0.2) is 4.39 Å². The van der Waals surface area contributed by atoms with E-state index >= 15 is 0 Å². The molecule has 0 aliphatic heterocycles. The standard InChI is InChI=1S/C24H22FN5O3S/c1-32-20-11-17(12-21(13-20)33-2)23(31)27-14-22-28-29-24(34-15-16-7-9-26-10-8-16)30(22)19-5-3-18(25)4-6-19/h3-13H,14-15H2,1-2H3,(H,27,31). The van der Waals surface area contributed by atoms with Crippen LogP contribution in [0, 0.1) is 5.82 Å². The molecule has 0 aliphatic carbocycles. The summed E-state index contributed by atoms with van der Waals surface area (Å²) >= 11 is 1.48. The van der Waals surface area contributed by atoms with Crippen molar-refractivity contribution in [3.8, 4) is 17.2 Å². The van der Waals surface area contributed by atoms with Gasteiger partial charge in [-0.3, -0.25) is 14.3 Å². The number of aromatic nitrogens is 4. The number of thioether (sulfide) groups is 1. The second-order valence-corrected chi connectivity index (χ2v) is 8.08. The molecule has 4 aromatic rings. The van der Waals surface area contributed by atoms with Crippen LogP contribution in [0.3, 0.4) is 0 Å². The number of nitrogens with zero attached hydrogens (tertiary/aromatic N) is 4. The third-order valence-electron chi connectivity index (χ3n) is 4.92. The lowest BCUT2D eigenvalue weighted by Crippen LogP contribution is -2.24. The molecule has 0 saturated heterocycles. The van der Waals surface area contributed by atoms with E-state index in [0.717, 1.165) is 5.56 Å². The summed E-state index contributed by atoms with van der Waals surface area (Å²) in [6.45, 7) is 0.110. The van der Waals surface area contributed by atoms with E-state index < -0.39 is 0 Å². The Balaban J connectivity index is 1.57. The lowest BCUT2D eigenvalue weighted by Gasteiger charge is -2.12. The van der Waals surface area contributed by atoms with Crippen LogP contribution in [0.25, 0.3) is 5.69 Å². The first-order chi connectivity index (χ1) is 16.6. The summed E-state index contributed by atoms with van der Waals surface area (Å²) in [7, 11) is 3.04. The minimum Gasteiger partial charge on any atom is -0.497 e. The van der Waals surface area contributed by atoms with Crippen molar-refractivity contribution in [2.75, 3.05) is 14.2 Å². The molecule has 0 atom stereocenters. The lowest BCUT2D eigenvalue weighted by molar-refractivity contribution is 0.0949. The van der Waals surface area contributed by atoms with Crippen LogP contribution >= 0.6 is 11.8 Å². The number of benzene rings is 2. The van der Waals surface area contributed by atoms with E-state index in [2.05, 4.69) is 20.5 Å². The normalized spacial score (nSPS) is 10.7. The smallest absolute Gasteiger partial charge is 0.251 e. The molecule has 0 fully saturated rings. The minimum absolute atomic E-state index is 0.110. The average Bonchev–Trinajstić information content (AvgIpc) is 3.29. The summed E-state index contributed by atoms with van der Waals surface area (Å²) in [5.74, 6) is 1.51. The van der Waals surface area contributed by atoms with E-state index in [1.165, 1.54) is 38.1 Å². The van der Waals surface area contributed by atoms with Crippen LogP contribution in [0.4, 0.5) is 4.39 Å². The van der Waals surface area contributed by atoms with Crippen LogP contribution in [0.1, 0.15) is 21.7 Å². The third kappa shape index (κ3) is 5.52. The van der Waals surface area contributed by atoms with E-state index in [1.54, 1.807) is 47.3 Å². The SMILES string of the molecule is COc1cc(OC)cc(C(=O)NCc2nnc(SCc3ccncc3)n2-c2ccc(F)cc2)c1. The van der Waals surface area contributed by atoms with Crippen LogP contribution in [0.2, 0.25) is 0 Å². The van der Waals surface area contributed by atoms with E-state index in [0.29, 0.717) is 39.5 Å². The molecule has 2 aromatic heterocycles. The summed E-state index contributed by atoms with van der Waals surface area (Å²) < 4.78 is 25.8. The predicted octanol–water partition coefficient (Wildman–Crippen LogP) is 4.04. The molecule has 1 N–H and O–H groups in total. The predicted molar refractivity (Wildman–Crippen MR) is 126 cm³/mol. The zero-order valence-corrected chi connectivity index (χ0v) is 19.4. The molecule has 8 nitrogen and oxygen atoms in total. The van der Waals surface area contributed by atoms with Crippen molar-refractivity contribution in [1.29, 1.82) is 0 Å². The Labute approximate surface area is 200 Å². The summed E-state index contributed by atoms with van der Waals surface area (Å²) in [4.78, 5) is 16.9. The summed E-state index contributed by atoms with van der Waals surface area (Å²) in [5, 5.41) is 12.1. The van der Waals surface area contributed by atoms with Crippen molar-refractivity contribution in [3.63, 3.8) is 0 Å². The number of nitrogens with one attached hydrogen (secondary N) is 1. The van der Waals surface area contributed by atoms with Gasteiger partial charge in [-0.1, -0.05) is 11.8 Å². The summed E-state index contributed by atoms with van der Waals surface area (Å²) in [6, 6.07) is 14.8.